The number of hydrogen-bond acceptors (Lipinski definition) is 5. The first-order valence-corrected chi connectivity index (χ1v) is 10.1. The number of halogens is 1. The first-order valence-electron chi connectivity index (χ1n) is 10.1. The molecule has 1 aliphatic heterocycles. The molecule has 3 N–H and O–H groups in total. The third kappa shape index (κ3) is 3.00. The third-order valence-electron chi connectivity index (χ3n) is 5.61. The highest BCUT2D eigenvalue weighted by Gasteiger charge is 2.18. The summed E-state index contributed by atoms with van der Waals surface area (Å²) in [5.74, 6) is 0.282. The van der Waals surface area contributed by atoms with Crippen molar-refractivity contribution in [1.82, 2.24) is 35.5 Å². The Kier molecular flexibility index (Phi) is 4.10. The Hall–Kier alpha value is -3.91. The largest absolute Gasteiger partial charge is 0.321 e. The van der Waals surface area contributed by atoms with E-state index >= 15 is 0 Å². The molecule has 1 aliphatic rings. The minimum absolute atomic E-state index is 0.296. The summed E-state index contributed by atoms with van der Waals surface area (Å²) in [5.41, 5.74) is 6.05. The van der Waals surface area contributed by atoms with Crippen LogP contribution in [0.4, 0.5) is 4.39 Å². The molecule has 0 radical (unpaired) electrons. The van der Waals surface area contributed by atoms with Gasteiger partial charge in [0.05, 0.1) is 17.4 Å². The molecule has 0 saturated heterocycles. The Bertz CT molecular complexity index is 1460. The molecule has 0 spiro atoms. The summed E-state index contributed by atoms with van der Waals surface area (Å²) in [6, 6.07) is 10.5. The van der Waals surface area contributed by atoms with Crippen LogP contribution in [-0.4, -0.2) is 43.2 Å². The van der Waals surface area contributed by atoms with Crippen LogP contribution < -0.4 is 5.32 Å². The lowest BCUT2D eigenvalue weighted by molar-refractivity contribution is 0.631. The Balaban J connectivity index is 1.50. The van der Waals surface area contributed by atoms with Crippen LogP contribution in [0.2, 0.25) is 0 Å². The molecule has 0 fully saturated rings. The van der Waals surface area contributed by atoms with E-state index in [1.807, 2.05) is 12.1 Å². The van der Waals surface area contributed by atoms with Crippen molar-refractivity contribution in [3.63, 3.8) is 0 Å². The Morgan fingerprint density at radius 1 is 1.03 bits per heavy atom. The molecule has 0 bridgehead atoms. The van der Waals surface area contributed by atoms with Crippen molar-refractivity contribution < 1.29 is 4.39 Å². The molecule has 0 amide bonds. The molecule has 4 aromatic heterocycles. The predicted octanol–water partition coefficient (Wildman–Crippen LogP) is 4.08. The molecule has 1 aromatic carbocycles. The summed E-state index contributed by atoms with van der Waals surface area (Å²) in [5, 5.41) is 11.8. The van der Waals surface area contributed by atoms with Gasteiger partial charge >= 0.3 is 0 Å². The number of benzene rings is 1. The van der Waals surface area contributed by atoms with Gasteiger partial charge in [-0.25, -0.2) is 14.4 Å². The monoisotopic (exact) mass is 411 g/mol. The fourth-order valence-electron chi connectivity index (χ4n) is 4.05. The lowest BCUT2D eigenvalue weighted by Crippen LogP contribution is -2.20. The molecule has 0 saturated carbocycles. The van der Waals surface area contributed by atoms with Crippen LogP contribution in [0.3, 0.4) is 0 Å². The van der Waals surface area contributed by atoms with Gasteiger partial charge in [-0.15, -0.1) is 0 Å². The number of hydrogen-bond donors (Lipinski definition) is 3. The molecule has 152 valence electrons. The summed E-state index contributed by atoms with van der Waals surface area (Å²) in [6.07, 6.45) is 6.56. The van der Waals surface area contributed by atoms with Crippen LogP contribution in [-0.2, 0) is 0 Å². The molecule has 0 atom stereocenters. The van der Waals surface area contributed by atoms with E-state index in [-0.39, 0.29) is 5.82 Å². The minimum atomic E-state index is -0.296. The Morgan fingerprint density at radius 2 is 1.97 bits per heavy atom. The molecule has 8 heteroatoms. The summed E-state index contributed by atoms with van der Waals surface area (Å²) < 4.78 is 14.4. The topological polar surface area (TPSA) is 95.2 Å². The average Bonchev–Trinajstić information content (AvgIpc) is 3.43. The fraction of sp³-hybridized carbons (Fsp3) is 0.130. The van der Waals surface area contributed by atoms with Crippen LogP contribution in [0.15, 0.2) is 54.9 Å². The molecule has 6 rings (SSSR count). The number of aromatic nitrogens is 6. The maximum absolute atomic E-state index is 14.4. The lowest BCUT2D eigenvalue weighted by Gasteiger charge is -2.13. The maximum Gasteiger partial charge on any atom is 0.160 e. The van der Waals surface area contributed by atoms with E-state index in [0.29, 0.717) is 33.8 Å². The van der Waals surface area contributed by atoms with Crippen LogP contribution in [0.5, 0.6) is 0 Å². The SMILES string of the molecule is Fc1ccccc1-c1ccnc2[nH]c(-c3n[nH]c4cnc(C5=CCNCC5)cc34)nc12. The molecule has 5 heterocycles. The second-order valence-corrected chi connectivity index (χ2v) is 7.49. The number of aromatic amines is 2. The van der Waals surface area contributed by atoms with Crippen molar-refractivity contribution in [3.05, 3.63) is 66.4 Å². The smallest absolute Gasteiger partial charge is 0.160 e. The first kappa shape index (κ1) is 17.9. The highest BCUT2D eigenvalue weighted by Crippen LogP contribution is 2.32. The van der Waals surface area contributed by atoms with Gasteiger partial charge in [0.15, 0.2) is 11.5 Å². The van der Waals surface area contributed by atoms with Crippen molar-refractivity contribution >= 4 is 27.6 Å². The van der Waals surface area contributed by atoms with Crippen molar-refractivity contribution in [2.24, 2.45) is 0 Å². The first-order chi connectivity index (χ1) is 15.3. The van der Waals surface area contributed by atoms with Gasteiger partial charge in [0, 0.05) is 29.3 Å². The van der Waals surface area contributed by atoms with E-state index in [2.05, 4.69) is 36.5 Å². The van der Waals surface area contributed by atoms with Crippen LogP contribution in [0.1, 0.15) is 12.1 Å². The number of nitrogens with zero attached hydrogens (tertiary/aromatic N) is 4. The predicted molar refractivity (Wildman–Crippen MR) is 118 cm³/mol. The third-order valence-corrected chi connectivity index (χ3v) is 5.61. The number of imidazole rings is 1. The van der Waals surface area contributed by atoms with Gasteiger partial charge in [-0.3, -0.25) is 10.1 Å². The zero-order valence-corrected chi connectivity index (χ0v) is 16.5. The summed E-state index contributed by atoms with van der Waals surface area (Å²) in [4.78, 5) is 17.0. The molecule has 7 nitrogen and oxygen atoms in total. The Morgan fingerprint density at radius 3 is 2.84 bits per heavy atom. The zero-order chi connectivity index (χ0) is 20.8. The second-order valence-electron chi connectivity index (χ2n) is 7.49. The van der Waals surface area contributed by atoms with Crippen LogP contribution in [0.25, 0.3) is 50.3 Å². The normalized spacial score (nSPS) is 14.3. The lowest BCUT2D eigenvalue weighted by atomic mass is 10.0. The van der Waals surface area contributed by atoms with Crippen molar-refractivity contribution in [2.75, 3.05) is 13.1 Å². The summed E-state index contributed by atoms with van der Waals surface area (Å²) in [6.45, 7) is 1.79. The number of H-pyrrole nitrogens is 2. The van der Waals surface area contributed by atoms with Crippen molar-refractivity contribution in [1.29, 1.82) is 0 Å². The van der Waals surface area contributed by atoms with Gasteiger partial charge in [0.1, 0.15) is 17.0 Å². The fourth-order valence-corrected chi connectivity index (χ4v) is 4.05. The van der Waals surface area contributed by atoms with E-state index in [0.717, 1.165) is 36.1 Å². The maximum atomic E-state index is 14.4. The van der Waals surface area contributed by atoms with Gasteiger partial charge < -0.3 is 10.3 Å². The van der Waals surface area contributed by atoms with Gasteiger partial charge in [-0.05, 0) is 36.7 Å². The molecule has 0 aliphatic carbocycles. The van der Waals surface area contributed by atoms with E-state index in [1.165, 1.54) is 11.6 Å². The zero-order valence-electron chi connectivity index (χ0n) is 16.5. The van der Waals surface area contributed by atoms with Gasteiger partial charge in [0.2, 0.25) is 0 Å². The molecule has 31 heavy (non-hydrogen) atoms. The van der Waals surface area contributed by atoms with Crippen LogP contribution >= 0.6 is 0 Å². The quantitative estimate of drug-likeness (QED) is 0.416. The number of nitrogens with one attached hydrogen (secondary N) is 3. The average molecular weight is 411 g/mol. The standard InChI is InChI=1S/C23H18FN7/c24-17-4-2-1-3-14(17)15-7-10-26-22-20(15)28-23(29-22)21-16-11-18(13-5-8-25-9-6-13)27-12-19(16)30-31-21/h1-5,7,10-12,25H,6,8-9H2,(H,30,31)(H,26,28,29). The van der Waals surface area contributed by atoms with E-state index < -0.39 is 0 Å². The van der Waals surface area contributed by atoms with Gasteiger partial charge in [0.25, 0.3) is 0 Å². The van der Waals surface area contributed by atoms with Crippen molar-refractivity contribution in [3.8, 4) is 22.6 Å². The number of fused-ring (bicyclic) bond motifs is 2. The molecular weight excluding hydrogens is 393 g/mol. The Labute approximate surface area is 176 Å². The highest BCUT2D eigenvalue weighted by molar-refractivity contribution is 5.96. The summed E-state index contributed by atoms with van der Waals surface area (Å²) in [7, 11) is 0. The highest BCUT2D eigenvalue weighted by atomic mass is 19.1. The molecule has 5 aromatic rings. The van der Waals surface area contributed by atoms with E-state index in [9.17, 15) is 4.39 Å². The van der Waals surface area contributed by atoms with Crippen LogP contribution in [0, 0.1) is 5.82 Å². The van der Waals surface area contributed by atoms with Gasteiger partial charge in [-0.2, -0.15) is 5.10 Å². The molecule has 0 unspecified atom stereocenters. The van der Waals surface area contributed by atoms with E-state index in [4.69, 9.17) is 4.98 Å². The van der Waals surface area contributed by atoms with E-state index in [1.54, 1.807) is 30.6 Å². The number of rotatable bonds is 3. The van der Waals surface area contributed by atoms with Crippen molar-refractivity contribution in [2.45, 2.75) is 6.42 Å². The molecular formula is C23H18FN7. The summed E-state index contributed by atoms with van der Waals surface area (Å²) >= 11 is 0. The van der Waals surface area contributed by atoms with Gasteiger partial charge in [-0.1, -0.05) is 24.3 Å². The number of pyridine rings is 2. The second kappa shape index (κ2) is 7.10. The minimum Gasteiger partial charge on any atom is -0.321 e.